The molecule has 1 aromatic carbocycles. The summed E-state index contributed by atoms with van der Waals surface area (Å²) in [5, 5.41) is 5.73. The zero-order valence-electron chi connectivity index (χ0n) is 15.8. The van der Waals surface area contributed by atoms with Crippen LogP contribution in [0.5, 0.6) is 17.4 Å². The van der Waals surface area contributed by atoms with E-state index in [1.807, 2.05) is 44.2 Å². The summed E-state index contributed by atoms with van der Waals surface area (Å²) in [6.07, 6.45) is 1.69. The summed E-state index contributed by atoms with van der Waals surface area (Å²) in [6.45, 7) is 9.01. The minimum absolute atomic E-state index is 0.120. The highest BCUT2D eigenvalue weighted by Crippen LogP contribution is 2.30. The maximum absolute atomic E-state index is 11.9. The molecule has 2 aromatic rings. The molecule has 2 rings (SSSR count). The molecule has 0 fully saturated rings. The van der Waals surface area contributed by atoms with E-state index in [9.17, 15) is 4.79 Å². The van der Waals surface area contributed by atoms with E-state index in [0.717, 1.165) is 5.56 Å². The first-order valence-corrected chi connectivity index (χ1v) is 8.88. The highest BCUT2D eigenvalue weighted by atomic mass is 16.5. The summed E-state index contributed by atoms with van der Waals surface area (Å²) < 4.78 is 11.3. The molecule has 0 bridgehead atoms. The highest BCUT2D eigenvalue weighted by Gasteiger charge is 2.10. The van der Waals surface area contributed by atoms with Crippen molar-refractivity contribution in [3.05, 3.63) is 48.2 Å². The molecule has 140 valence electrons. The van der Waals surface area contributed by atoms with Crippen molar-refractivity contribution in [3.63, 3.8) is 0 Å². The number of benzene rings is 1. The maximum Gasteiger partial charge on any atom is 0.315 e. The Kier molecular flexibility index (Phi) is 7.26. The van der Waals surface area contributed by atoms with Gasteiger partial charge < -0.3 is 20.1 Å². The fraction of sp³-hybridized carbons (Fsp3) is 0.400. The van der Waals surface area contributed by atoms with Crippen LogP contribution in [0.25, 0.3) is 0 Å². The van der Waals surface area contributed by atoms with E-state index in [-0.39, 0.29) is 12.1 Å². The van der Waals surface area contributed by atoms with Gasteiger partial charge in [-0.25, -0.2) is 9.78 Å². The minimum Gasteiger partial charge on any atom is -0.490 e. The molecule has 6 heteroatoms. The third-order valence-corrected chi connectivity index (χ3v) is 3.97. The van der Waals surface area contributed by atoms with Gasteiger partial charge in [0.05, 0.1) is 6.61 Å². The van der Waals surface area contributed by atoms with Gasteiger partial charge in [-0.15, -0.1) is 0 Å². The summed E-state index contributed by atoms with van der Waals surface area (Å²) in [5.41, 5.74) is 0.891. The maximum atomic E-state index is 11.9. The van der Waals surface area contributed by atoms with E-state index in [1.54, 1.807) is 12.3 Å². The number of nitrogens with one attached hydrogen (secondary N) is 2. The summed E-state index contributed by atoms with van der Waals surface area (Å²) >= 11 is 0. The lowest BCUT2D eigenvalue weighted by atomic mass is 10.1. The van der Waals surface area contributed by atoms with E-state index >= 15 is 0 Å². The van der Waals surface area contributed by atoms with Gasteiger partial charge in [0.25, 0.3) is 0 Å². The number of nitrogens with zero attached hydrogens (tertiary/aromatic N) is 1. The second-order valence-corrected chi connectivity index (χ2v) is 6.35. The van der Waals surface area contributed by atoms with Crippen LogP contribution in [-0.4, -0.2) is 23.7 Å². The smallest absolute Gasteiger partial charge is 0.315 e. The van der Waals surface area contributed by atoms with Crippen LogP contribution in [0.2, 0.25) is 0 Å². The lowest BCUT2D eigenvalue weighted by Crippen LogP contribution is -2.42. The largest absolute Gasteiger partial charge is 0.490 e. The summed E-state index contributed by atoms with van der Waals surface area (Å²) in [6, 6.07) is 11.0. The average molecular weight is 357 g/mol. The number of pyridine rings is 1. The van der Waals surface area contributed by atoms with Crippen LogP contribution in [0.1, 0.15) is 33.3 Å². The number of aromatic nitrogens is 1. The standard InChI is InChI=1S/C20H27N3O3/c1-5-25-17-8-6-7-9-18(17)26-19-11-10-16(12-21-19)13-22-20(24)23-15(4)14(2)3/h6-12,14-15H,5,13H2,1-4H3,(H2,22,23,24). The number of ether oxygens (including phenoxy) is 2. The number of carbonyl (C=O) groups is 1. The number of amides is 2. The molecule has 1 unspecified atom stereocenters. The van der Waals surface area contributed by atoms with E-state index in [4.69, 9.17) is 9.47 Å². The third kappa shape index (κ3) is 5.95. The molecule has 0 aliphatic carbocycles. The van der Waals surface area contributed by atoms with Crippen LogP contribution in [0.3, 0.4) is 0 Å². The van der Waals surface area contributed by atoms with Gasteiger partial charge in [0.15, 0.2) is 11.5 Å². The molecular weight excluding hydrogens is 330 g/mol. The molecule has 0 spiro atoms. The Bertz CT molecular complexity index is 702. The van der Waals surface area contributed by atoms with Crippen molar-refractivity contribution in [2.24, 2.45) is 5.92 Å². The Labute approximate surface area is 154 Å². The Morgan fingerprint density at radius 1 is 1.12 bits per heavy atom. The Balaban J connectivity index is 1.89. The molecular formula is C20H27N3O3. The number of para-hydroxylation sites is 2. The Hall–Kier alpha value is -2.76. The van der Waals surface area contributed by atoms with Gasteiger partial charge in [0.1, 0.15) is 0 Å². The van der Waals surface area contributed by atoms with Gasteiger partial charge in [-0.2, -0.15) is 0 Å². The second kappa shape index (κ2) is 9.65. The lowest BCUT2D eigenvalue weighted by Gasteiger charge is -2.17. The lowest BCUT2D eigenvalue weighted by molar-refractivity contribution is 0.234. The number of carbonyl (C=O) groups excluding carboxylic acids is 1. The zero-order chi connectivity index (χ0) is 18.9. The van der Waals surface area contributed by atoms with Gasteiger partial charge in [-0.3, -0.25) is 0 Å². The molecule has 6 nitrogen and oxygen atoms in total. The quantitative estimate of drug-likeness (QED) is 0.745. The van der Waals surface area contributed by atoms with Crippen LogP contribution in [0, 0.1) is 5.92 Å². The zero-order valence-corrected chi connectivity index (χ0v) is 15.8. The number of hydrogen-bond donors (Lipinski definition) is 2. The van der Waals surface area contributed by atoms with Crippen LogP contribution in [0.4, 0.5) is 4.79 Å². The van der Waals surface area contributed by atoms with Crippen molar-refractivity contribution in [3.8, 4) is 17.4 Å². The third-order valence-electron chi connectivity index (χ3n) is 3.97. The molecule has 1 heterocycles. The van der Waals surface area contributed by atoms with Crippen molar-refractivity contribution in [1.82, 2.24) is 15.6 Å². The van der Waals surface area contributed by atoms with Gasteiger partial charge >= 0.3 is 6.03 Å². The topological polar surface area (TPSA) is 72.5 Å². The molecule has 1 atom stereocenters. The molecule has 0 aliphatic heterocycles. The molecule has 0 saturated heterocycles. The van der Waals surface area contributed by atoms with Gasteiger partial charge in [0.2, 0.25) is 5.88 Å². The van der Waals surface area contributed by atoms with Crippen molar-refractivity contribution in [2.75, 3.05) is 6.61 Å². The molecule has 1 aromatic heterocycles. The SMILES string of the molecule is CCOc1ccccc1Oc1ccc(CNC(=O)NC(C)C(C)C)cn1. The molecule has 0 aliphatic rings. The van der Waals surface area contributed by atoms with Crippen LogP contribution < -0.4 is 20.1 Å². The number of rotatable bonds is 8. The predicted molar refractivity (Wildman–Crippen MR) is 102 cm³/mol. The molecule has 26 heavy (non-hydrogen) atoms. The van der Waals surface area contributed by atoms with Crippen molar-refractivity contribution in [1.29, 1.82) is 0 Å². The first kappa shape index (κ1) is 19.6. The Morgan fingerprint density at radius 2 is 1.85 bits per heavy atom. The fourth-order valence-corrected chi connectivity index (χ4v) is 2.10. The van der Waals surface area contributed by atoms with Gasteiger partial charge in [0, 0.05) is 24.8 Å². The van der Waals surface area contributed by atoms with Gasteiger partial charge in [-0.1, -0.05) is 32.0 Å². The molecule has 2 N–H and O–H groups in total. The monoisotopic (exact) mass is 357 g/mol. The van der Waals surface area contributed by atoms with Crippen molar-refractivity contribution >= 4 is 6.03 Å². The van der Waals surface area contributed by atoms with Crippen LogP contribution in [-0.2, 0) is 6.54 Å². The first-order chi connectivity index (χ1) is 12.5. The summed E-state index contributed by atoms with van der Waals surface area (Å²) in [4.78, 5) is 16.1. The van der Waals surface area contributed by atoms with Crippen molar-refractivity contribution in [2.45, 2.75) is 40.3 Å². The van der Waals surface area contributed by atoms with Crippen LogP contribution in [0.15, 0.2) is 42.6 Å². The predicted octanol–water partition coefficient (Wildman–Crippen LogP) is 4.12. The summed E-state index contributed by atoms with van der Waals surface area (Å²) in [5.74, 6) is 2.16. The number of hydrogen-bond acceptors (Lipinski definition) is 4. The van der Waals surface area contributed by atoms with E-state index in [2.05, 4.69) is 29.5 Å². The number of urea groups is 1. The summed E-state index contributed by atoms with van der Waals surface area (Å²) in [7, 11) is 0. The van der Waals surface area contributed by atoms with E-state index in [0.29, 0.717) is 36.4 Å². The Morgan fingerprint density at radius 3 is 2.46 bits per heavy atom. The van der Waals surface area contributed by atoms with E-state index in [1.165, 1.54) is 0 Å². The highest BCUT2D eigenvalue weighted by molar-refractivity contribution is 5.74. The van der Waals surface area contributed by atoms with Gasteiger partial charge in [-0.05, 0) is 37.5 Å². The molecule has 2 amide bonds. The van der Waals surface area contributed by atoms with E-state index < -0.39 is 0 Å². The van der Waals surface area contributed by atoms with Crippen molar-refractivity contribution < 1.29 is 14.3 Å². The second-order valence-electron chi connectivity index (χ2n) is 6.35. The van der Waals surface area contributed by atoms with Crippen LogP contribution >= 0.6 is 0 Å². The molecule has 0 radical (unpaired) electrons. The normalized spacial score (nSPS) is 11.7. The first-order valence-electron chi connectivity index (χ1n) is 8.88. The minimum atomic E-state index is -0.183. The average Bonchev–Trinajstić information content (AvgIpc) is 2.63. The fourth-order valence-electron chi connectivity index (χ4n) is 2.10. The molecule has 0 saturated carbocycles.